The second-order valence-electron chi connectivity index (χ2n) is 8.71. The number of nitrogens with one attached hydrogen (secondary N) is 1. The van der Waals surface area contributed by atoms with Gasteiger partial charge >= 0.3 is 5.97 Å². The predicted molar refractivity (Wildman–Crippen MR) is 132 cm³/mol. The minimum absolute atomic E-state index is 0.186. The Kier molecular flexibility index (Phi) is 10.8. The average Bonchev–Trinajstić information content (AvgIpc) is 3.07. The minimum atomic E-state index is -1.18. The molecule has 2 heterocycles. The van der Waals surface area contributed by atoms with Crippen LogP contribution in [0.25, 0.3) is 0 Å². The van der Waals surface area contributed by atoms with Gasteiger partial charge in [0.1, 0.15) is 34.5 Å². The third kappa shape index (κ3) is 9.53. The third-order valence-corrected chi connectivity index (χ3v) is 7.00. The molecule has 0 aliphatic rings. The first kappa shape index (κ1) is 26.8. The molecule has 2 aromatic rings. The minimum Gasteiger partial charge on any atom is -0.492 e. The molecule has 0 fully saturated rings. The molecule has 0 amide bonds. The Balaban J connectivity index is 1.89. The molecule has 180 valence electrons. The highest BCUT2D eigenvalue weighted by Gasteiger charge is 2.18. The van der Waals surface area contributed by atoms with Crippen molar-refractivity contribution in [3.8, 4) is 11.8 Å². The lowest BCUT2D eigenvalue weighted by atomic mass is 10.2. The fourth-order valence-corrected chi connectivity index (χ4v) is 4.01. The average molecular weight is 539 g/mol. The second-order valence-corrected chi connectivity index (χ2v) is 15.1. The first-order chi connectivity index (χ1) is 15.7. The maximum Gasteiger partial charge on any atom is 0.305 e. The van der Waals surface area contributed by atoms with Gasteiger partial charge < -0.3 is 19.5 Å². The van der Waals surface area contributed by atoms with Gasteiger partial charge in [0, 0.05) is 21.1 Å². The van der Waals surface area contributed by atoms with Gasteiger partial charge in [-0.3, -0.25) is 4.79 Å². The fraction of sp³-hybridized carbons (Fsp3) is 0.545. The maximum absolute atomic E-state index is 11.1. The predicted octanol–water partition coefficient (Wildman–Crippen LogP) is 5.08. The van der Waals surface area contributed by atoms with Crippen LogP contribution in [0.5, 0.6) is 5.75 Å². The van der Waals surface area contributed by atoms with Gasteiger partial charge in [-0.15, -0.1) is 0 Å². The Morgan fingerprint density at radius 3 is 2.67 bits per heavy atom. The van der Waals surface area contributed by atoms with Crippen LogP contribution in [0, 0.1) is 11.3 Å². The lowest BCUT2D eigenvalue weighted by Gasteiger charge is -2.16. The second kappa shape index (κ2) is 13.3. The summed E-state index contributed by atoms with van der Waals surface area (Å²) < 4.78 is 18.2. The Morgan fingerprint density at radius 1 is 1.24 bits per heavy atom. The van der Waals surface area contributed by atoms with E-state index in [0.29, 0.717) is 47.2 Å². The largest absolute Gasteiger partial charge is 0.492 e. The molecule has 0 aliphatic heterocycles. The van der Waals surface area contributed by atoms with Crippen molar-refractivity contribution in [2.45, 2.75) is 58.1 Å². The van der Waals surface area contributed by atoms with Gasteiger partial charge in [-0.25, -0.2) is 9.67 Å². The number of unbranched alkanes of at least 4 members (excludes halogenated alkanes) is 2. The van der Waals surface area contributed by atoms with Gasteiger partial charge in [-0.05, 0) is 53.4 Å². The first-order valence-electron chi connectivity index (χ1n) is 10.9. The number of halogens is 1. The summed E-state index contributed by atoms with van der Waals surface area (Å²) in [6.07, 6.45) is 4.57. The van der Waals surface area contributed by atoms with Gasteiger partial charge in [-0.1, -0.05) is 19.6 Å². The van der Waals surface area contributed by atoms with Crippen LogP contribution in [0.1, 0.15) is 31.2 Å². The van der Waals surface area contributed by atoms with E-state index in [2.05, 4.69) is 61.8 Å². The van der Waals surface area contributed by atoms with Crippen molar-refractivity contribution < 1.29 is 19.0 Å². The number of carbonyl (C=O) groups excluding carboxylic acids is 1. The summed E-state index contributed by atoms with van der Waals surface area (Å²) in [6, 6.07) is 6.81. The molecule has 0 atom stereocenters. The number of anilines is 2. The third-order valence-electron chi connectivity index (χ3n) is 4.74. The summed E-state index contributed by atoms with van der Waals surface area (Å²) in [5.74, 6) is 1.55. The van der Waals surface area contributed by atoms with Crippen molar-refractivity contribution >= 4 is 41.6 Å². The maximum atomic E-state index is 11.1. The highest BCUT2D eigenvalue weighted by molar-refractivity contribution is 9.10. The van der Waals surface area contributed by atoms with Gasteiger partial charge in [0.05, 0.1) is 19.9 Å². The molecule has 9 nitrogen and oxygen atoms in total. The van der Waals surface area contributed by atoms with Crippen LogP contribution in [0.2, 0.25) is 25.7 Å². The zero-order chi connectivity index (χ0) is 24.3. The fourth-order valence-electron chi connectivity index (χ4n) is 2.78. The monoisotopic (exact) mass is 537 g/mol. The van der Waals surface area contributed by atoms with Gasteiger partial charge in [0.25, 0.3) is 0 Å². The van der Waals surface area contributed by atoms with Crippen LogP contribution in [0.3, 0.4) is 0 Å². The molecule has 0 radical (unpaired) electrons. The number of hydrogen-bond acceptors (Lipinski definition) is 8. The molecule has 2 rings (SSSR count). The zero-order valence-electron chi connectivity index (χ0n) is 19.7. The SMILES string of the molecule is COC(=O)CCCCCOc1ccc(Nc2c(C#N)c(Br)nn2COCC[Si](C)(C)C)nc1. The van der Waals surface area contributed by atoms with E-state index in [-0.39, 0.29) is 12.7 Å². The quantitative estimate of drug-likeness (QED) is 0.201. The molecule has 2 aromatic heterocycles. The van der Waals surface area contributed by atoms with E-state index in [1.165, 1.54) is 7.11 Å². The Hall–Kier alpha value is -2.42. The van der Waals surface area contributed by atoms with E-state index < -0.39 is 8.07 Å². The standard InChI is InChI=1S/C22H32BrN5O4Si/c1-30-20(29)8-6-5-7-11-32-17-9-10-19(25-15-17)26-22-18(14-24)21(23)27-28(22)16-31-12-13-33(2,3)4/h9-10,15H,5-8,11-13,16H2,1-4H3,(H,25,26). The molecule has 0 spiro atoms. The molecule has 11 heteroatoms. The van der Waals surface area contributed by atoms with Crippen LogP contribution in [0.4, 0.5) is 11.6 Å². The van der Waals surface area contributed by atoms with Gasteiger partial charge in [-0.2, -0.15) is 10.4 Å². The van der Waals surface area contributed by atoms with Crippen molar-refractivity contribution in [1.29, 1.82) is 5.26 Å². The van der Waals surface area contributed by atoms with Crippen molar-refractivity contribution in [2.24, 2.45) is 0 Å². The normalized spacial score (nSPS) is 11.2. The molecular formula is C22H32BrN5O4Si. The van der Waals surface area contributed by atoms with Crippen molar-refractivity contribution in [2.75, 3.05) is 25.6 Å². The Bertz CT molecular complexity index is 938. The van der Waals surface area contributed by atoms with E-state index >= 15 is 0 Å². The van der Waals surface area contributed by atoms with E-state index in [0.717, 1.165) is 25.3 Å². The molecule has 0 unspecified atom stereocenters. The summed E-state index contributed by atoms with van der Waals surface area (Å²) in [7, 11) is 0.214. The number of nitriles is 1. The summed E-state index contributed by atoms with van der Waals surface area (Å²) in [6.45, 7) is 8.33. The molecule has 0 aliphatic carbocycles. The Morgan fingerprint density at radius 2 is 2.03 bits per heavy atom. The number of ether oxygens (including phenoxy) is 3. The molecule has 0 saturated carbocycles. The molecule has 1 N–H and O–H groups in total. The van der Waals surface area contributed by atoms with Gasteiger partial charge in [0.2, 0.25) is 0 Å². The topological polar surface area (TPSA) is 111 Å². The zero-order valence-corrected chi connectivity index (χ0v) is 22.3. The van der Waals surface area contributed by atoms with E-state index in [9.17, 15) is 10.1 Å². The lowest BCUT2D eigenvalue weighted by molar-refractivity contribution is -0.140. The van der Waals surface area contributed by atoms with E-state index in [1.807, 2.05) is 6.07 Å². The van der Waals surface area contributed by atoms with E-state index in [1.54, 1.807) is 16.9 Å². The van der Waals surface area contributed by atoms with E-state index in [4.69, 9.17) is 9.47 Å². The van der Waals surface area contributed by atoms with Crippen LogP contribution >= 0.6 is 15.9 Å². The van der Waals surface area contributed by atoms with Crippen LogP contribution in [-0.4, -0.2) is 49.1 Å². The van der Waals surface area contributed by atoms with Gasteiger partial charge in [0.15, 0.2) is 5.82 Å². The molecule has 0 bridgehead atoms. The summed E-state index contributed by atoms with van der Waals surface area (Å²) in [4.78, 5) is 15.5. The number of nitrogens with zero attached hydrogens (tertiary/aromatic N) is 4. The number of carbonyl (C=O) groups is 1. The molecule has 0 aromatic carbocycles. The number of hydrogen-bond donors (Lipinski definition) is 1. The number of esters is 1. The van der Waals surface area contributed by atoms with Crippen LogP contribution in [-0.2, 0) is 21.0 Å². The smallest absolute Gasteiger partial charge is 0.305 e. The number of rotatable bonds is 14. The summed E-state index contributed by atoms with van der Waals surface area (Å²) in [5.41, 5.74) is 0.387. The number of aromatic nitrogens is 3. The summed E-state index contributed by atoms with van der Waals surface area (Å²) in [5, 5.41) is 17.1. The molecule has 33 heavy (non-hydrogen) atoms. The highest BCUT2D eigenvalue weighted by atomic mass is 79.9. The molecule has 0 saturated heterocycles. The lowest BCUT2D eigenvalue weighted by Crippen LogP contribution is -2.22. The number of methoxy groups -OCH3 is 1. The van der Waals surface area contributed by atoms with Crippen LogP contribution < -0.4 is 10.1 Å². The highest BCUT2D eigenvalue weighted by Crippen LogP contribution is 2.27. The van der Waals surface area contributed by atoms with Crippen molar-refractivity contribution in [3.63, 3.8) is 0 Å². The molecular weight excluding hydrogens is 506 g/mol. The number of pyridine rings is 1. The summed E-state index contributed by atoms with van der Waals surface area (Å²) >= 11 is 3.34. The Labute approximate surface area is 204 Å². The first-order valence-corrected chi connectivity index (χ1v) is 15.4. The van der Waals surface area contributed by atoms with Crippen LogP contribution in [0.15, 0.2) is 22.9 Å². The van der Waals surface area contributed by atoms with Crippen molar-refractivity contribution in [3.05, 3.63) is 28.5 Å². The van der Waals surface area contributed by atoms with Crippen molar-refractivity contribution in [1.82, 2.24) is 14.8 Å².